The van der Waals surface area contributed by atoms with Crippen molar-refractivity contribution < 1.29 is 4.79 Å². The molecule has 1 unspecified atom stereocenters. The predicted octanol–water partition coefficient (Wildman–Crippen LogP) is 5.05. The molecule has 0 aromatic carbocycles. The van der Waals surface area contributed by atoms with E-state index in [1.54, 1.807) is 11.3 Å². The molecule has 1 N–H and O–H groups in total. The smallest absolute Gasteiger partial charge is 0.233 e. The van der Waals surface area contributed by atoms with Crippen molar-refractivity contribution in [3.63, 3.8) is 0 Å². The van der Waals surface area contributed by atoms with Gasteiger partial charge in [0.05, 0.1) is 5.25 Å². The highest BCUT2D eigenvalue weighted by Gasteiger charge is 2.18. The maximum absolute atomic E-state index is 12.5. The van der Waals surface area contributed by atoms with Crippen molar-refractivity contribution >= 4 is 39.2 Å². The number of rotatable bonds is 7. The number of allylic oxidation sites excluding steroid dienone is 1. The average Bonchev–Trinajstić information content (AvgIpc) is 3.05. The summed E-state index contributed by atoms with van der Waals surface area (Å²) in [5.41, 5.74) is 1.50. The Morgan fingerprint density at radius 3 is 2.96 bits per heavy atom. The standard InChI is InChI=1S/C20H27N3OS2/c1-4-16-12-17-19(22-14(3)23-20(17)26-16)25-13(2)18(24)21-11-10-15-8-6-5-7-9-15/h8,12-13H,4-7,9-11H2,1-3H3,(H,21,24). The van der Waals surface area contributed by atoms with Crippen LogP contribution >= 0.6 is 23.1 Å². The highest BCUT2D eigenvalue weighted by Crippen LogP contribution is 2.33. The number of carbonyl (C=O) groups excluding carboxylic acids is 1. The lowest BCUT2D eigenvalue weighted by atomic mass is 9.97. The van der Waals surface area contributed by atoms with Gasteiger partial charge in [0.2, 0.25) is 5.91 Å². The number of nitrogens with zero attached hydrogens (tertiary/aromatic N) is 2. The highest BCUT2D eigenvalue weighted by molar-refractivity contribution is 8.00. The molecule has 6 heteroatoms. The lowest BCUT2D eigenvalue weighted by molar-refractivity contribution is -0.120. The number of aromatic nitrogens is 2. The van der Waals surface area contributed by atoms with Crippen molar-refractivity contribution in [1.29, 1.82) is 0 Å². The molecule has 1 amide bonds. The van der Waals surface area contributed by atoms with Crippen LogP contribution in [0.25, 0.3) is 10.2 Å². The average molecular weight is 390 g/mol. The number of thiophene rings is 1. The summed E-state index contributed by atoms with van der Waals surface area (Å²) in [4.78, 5) is 23.9. The molecule has 1 aliphatic carbocycles. The van der Waals surface area contributed by atoms with Crippen LogP contribution in [0.4, 0.5) is 0 Å². The number of carbonyl (C=O) groups is 1. The molecule has 0 bridgehead atoms. The van der Waals surface area contributed by atoms with Gasteiger partial charge in [-0.3, -0.25) is 4.79 Å². The monoisotopic (exact) mass is 389 g/mol. The summed E-state index contributed by atoms with van der Waals surface area (Å²) in [6.07, 6.45) is 9.29. The summed E-state index contributed by atoms with van der Waals surface area (Å²) in [5, 5.41) is 4.91. The maximum Gasteiger partial charge on any atom is 0.233 e. The summed E-state index contributed by atoms with van der Waals surface area (Å²) in [5.74, 6) is 0.850. The van der Waals surface area contributed by atoms with E-state index in [0.29, 0.717) is 0 Å². The molecule has 0 aliphatic heterocycles. The first-order valence-corrected chi connectivity index (χ1v) is 11.2. The topological polar surface area (TPSA) is 54.9 Å². The Kier molecular flexibility index (Phi) is 6.70. The lowest BCUT2D eigenvalue weighted by Crippen LogP contribution is -2.32. The molecule has 0 saturated carbocycles. The number of aryl methyl sites for hydroxylation is 2. The summed E-state index contributed by atoms with van der Waals surface area (Å²) in [6, 6.07) is 2.17. The summed E-state index contributed by atoms with van der Waals surface area (Å²) in [7, 11) is 0. The highest BCUT2D eigenvalue weighted by atomic mass is 32.2. The van der Waals surface area contributed by atoms with Gasteiger partial charge in [-0.05, 0) is 58.4 Å². The summed E-state index contributed by atoms with van der Waals surface area (Å²) >= 11 is 3.25. The number of amides is 1. The summed E-state index contributed by atoms with van der Waals surface area (Å²) in [6.45, 7) is 6.75. The van der Waals surface area contributed by atoms with Gasteiger partial charge in [-0.2, -0.15) is 0 Å². The van der Waals surface area contributed by atoms with Crippen molar-refractivity contribution in [2.24, 2.45) is 0 Å². The van der Waals surface area contributed by atoms with Crippen LogP contribution in [0.5, 0.6) is 0 Å². The van der Waals surface area contributed by atoms with Gasteiger partial charge >= 0.3 is 0 Å². The Hall–Kier alpha value is -1.40. The van der Waals surface area contributed by atoms with Gasteiger partial charge in [0.25, 0.3) is 0 Å². The van der Waals surface area contributed by atoms with Gasteiger partial charge < -0.3 is 5.32 Å². The van der Waals surface area contributed by atoms with E-state index in [-0.39, 0.29) is 11.2 Å². The Morgan fingerprint density at radius 1 is 1.38 bits per heavy atom. The van der Waals surface area contributed by atoms with E-state index >= 15 is 0 Å². The molecule has 2 heterocycles. The van der Waals surface area contributed by atoms with Crippen LogP contribution in [0.1, 0.15) is 56.7 Å². The molecule has 0 spiro atoms. The van der Waals surface area contributed by atoms with Gasteiger partial charge in [0.1, 0.15) is 15.7 Å². The molecule has 3 rings (SSSR count). The molecule has 2 aromatic heterocycles. The van der Waals surface area contributed by atoms with E-state index < -0.39 is 0 Å². The van der Waals surface area contributed by atoms with E-state index in [1.807, 2.05) is 13.8 Å². The van der Waals surface area contributed by atoms with Gasteiger partial charge in [-0.25, -0.2) is 9.97 Å². The van der Waals surface area contributed by atoms with Gasteiger partial charge in [-0.1, -0.05) is 30.3 Å². The predicted molar refractivity (Wildman–Crippen MR) is 111 cm³/mol. The molecule has 0 saturated heterocycles. The third-order valence-electron chi connectivity index (χ3n) is 4.66. The number of thioether (sulfide) groups is 1. The fraction of sp³-hybridized carbons (Fsp3) is 0.550. The van der Waals surface area contributed by atoms with Crippen molar-refractivity contribution in [3.8, 4) is 0 Å². The zero-order valence-corrected chi connectivity index (χ0v) is 17.4. The normalized spacial score (nSPS) is 15.7. The first-order valence-electron chi connectivity index (χ1n) is 9.46. The minimum absolute atomic E-state index is 0.0850. The van der Waals surface area contributed by atoms with Gasteiger partial charge in [0, 0.05) is 16.8 Å². The molecule has 1 atom stereocenters. The molecule has 2 aromatic rings. The number of hydrogen-bond donors (Lipinski definition) is 1. The fourth-order valence-electron chi connectivity index (χ4n) is 3.15. The van der Waals surface area contributed by atoms with Crippen molar-refractivity contribution in [2.45, 2.75) is 69.6 Å². The minimum Gasteiger partial charge on any atom is -0.355 e. The van der Waals surface area contributed by atoms with Gasteiger partial charge in [-0.15, -0.1) is 11.3 Å². The lowest BCUT2D eigenvalue weighted by Gasteiger charge is -2.15. The molecule has 0 radical (unpaired) electrons. The third kappa shape index (κ3) is 4.86. The second kappa shape index (κ2) is 9.00. The SMILES string of the molecule is CCc1cc2c(SC(C)C(=O)NCCC3=CCCCC3)nc(C)nc2s1. The second-order valence-electron chi connectivity index (χ2n) is 6.77. The van der Waals surface area contributed by atoms with Crippen LogP contribution < -0.4 is 5.32 Å². The first-order chi connectivity index (χ1) is 12.6. The Labute approximate surface area is 163 Å². The third-order valence-corrected chi connectivity index (χ3v) is 6.93. The molecule has 26 heavy (non-hydrogen) atoms. The summed E-state index contributed by atoms with van der Waals surface area (Å²) < 4.78 is 0. The molecule has 140 valence electrons. The van der Waals surface area contributed by atoms with Gasteiger partial charge in [0.15, 0.2) is 0 Å². The van der Waals surface area contributed by atoms with Crippen LogP contribution in [0.2, 0.25) is 0 Å². The quantitative estimate of drug-likeness (QED) is 0.409. The van der Waals surface area contributed by atoms with Crippen LogP contribution in [0.15, 0.2) is 22.7 Å². The van der Waals surface area contributed by atoms with Crippen molar-refractivity contribution in [2.75, 3.05) is 6.54 Å². The zero-order valence-electron chi connectivity index (χ0n) is 15.8. The van der Waals surface area contributed by atoms with Crippen LogP contribution in [-0.4, -0.2) is 27.7 Å². The number of fused-ring (bicyclic) bond motifs is 1. The Morgan fingerprint density at radius 2 is 2.23 bits per heavy atom. The molecular weight excluding hydrogens is 362 g/mol. The van der Waals surface area contributed by atoms with E-state index in [2.05, 4.69) is 34.4 Å². The van der Waals surface area contributed by atoms with Crippen LogP contribution in [0, 0.1) is 6.92 Å². The largest absolute Gasteiger partial charge is 0.355 e. The second-order valence-corrected chi connectivity index (χ2v) is 9.22. The van der Waals surface area contributed by atoms with E-state index in [9.17, 15) is 4.79 Å². The molecule has 1 aliphatic rings. The Balaban J connectivity index is 1.60. The van der Waals surface area contributed by atoms with E-state index in [1.165, 1.54) is 47.9 Å². The Bertz CT molecular complexity index is 813. The minimum atomic E-state index is -0.169. The maximum atomic E-state index is 12.5. The van der Waals surface area contributed by atoms with E-state index in [4.69, 9.17) is 0 Å². The van der Waals surface area contributed by atoms with Crippen LogP contribution in [0.3, 0.4) is 0 Å². The zero-order chi connectivity index (χ0) is 18.5. The molecular formula is C20H27N3OS2. The first kappa shape index (κ1) is 19.4. The number of hydrogen-bond acceptors (Lipinski definition) is 5. The van der Waals surface area contributed by atoms with E-state index in [0.717, 1.165) is 40.5 Å². The van der Waals surface area contributed by atoms with Crippen molar-refractivity contribution in [3.05, 3.63) is 28.4 Å². The van der Waals surface area contributed by atoms with Crippen molar-refractivity contribution in [1.82, 2.24) is 15.3 Å². The molecule has 4 nitrogen and oxygen atoms in total. The number of nitrogens with one attached hydrogen (secondary N) is 1. The molecule has 0 fully saturated rings. The fourth-order valence-corrected chi connectivity index (χ4v) is 5.22. The van der Waals surface area contributed by atoms with Crippen LogP contribution in [-0.2, 0) is 11.2 Å².